The van der Waals surface area contributed by atoms with E-state index in [1.807, 2.05) is 22.7 Å². The minimum atomic E-state index is -0.00471. The van der Waals surface area contributed by atoms with Gasteiger partial charge in [0.15, 0.2) is 0 Å². The maximum absolute atomic E-state index is 13.2. The first-order chi connectivity index (χ1) is 15.2. The van der Waals surface area contributed by atoms with Gasteiger partial charge < -0.3 is 19.9 Å². The van der Waals surface area contributed by atoms with Gasteiger partial charge in [0.05, 0.1) is 30.4 Å². The Bertz CT molecular complexity index is 817. The number of pyridine rings is 1. The number of carbonyl (C=O) groups excluding carboxylic acids is 2. The molecule has 2 amide bonds. The number of hydrogen-bond donors (Lipinski definition) is 1. The lowest BCUT2D eigenvalue weighted by Crippen LogP contribution is -2.49. The third kappa shape index (κ3) is 4.54. The molecule has 0 aliphatic carbocycles. The Kier molecular flexibility index (Phi) is 6.34. The number of carbonyl (C=O) groups is 2. The monoisotopic (exact) mass is 445 g/mol. The number of aromatic nitrogens is 1. The number of rotatable bonds is 4. The van der Waals surface area contributed by atoms with Gasteiger partial charge in [-0.15, -0.1) is 0 Å². The summed E-state index contributed by atoms with van der Waals surface area (Å²) < 4.78 is 5.74. The number of thioether (sulfide) groups is 1. The molecule has 4 aliphatic heterocycles. The molecule has 0 spiro atoms. The molecule has 1 atom stereocenters. The highest BCUT2D eigenvalue weighted by Gasteiger charge is 2.32. The first kappa shape index (κ1) is 21.0. The molecule has 5 heterocycles. The molecule has 31 heavy (non-hydrogen) atoms. The molecular weight excluding hydrogens is 414 g/mol. The van der Waals surface area contributed by atoms with Gasteiger partial charge in [0.2, 0.25) is 5.91 Å². The summed E-state index contributed by atoms with van der Waals surface area (Å²) in [5.74, 6) is 3.10. The minimum absolute atomic E-state index is 0.00471. The van der Waals surface area contributed by atoms with E-state index in [2.05, 4.69) is 15.2 Å². The van der Waals surface area contributed by atoms with Crippen LogP contribution in [-0.4, -0.2) is 96.1 Å². The predicted octanol–water partition coefficient (Wildman–Crippen LogP) is 1.67. The third-order valence-electron chi connectivity index (χ3n) is 6.84. The topological polar surface area (TPSA) is 78.0 Å². The number of ether oxygens (including phenoxy) is 1. The smallest absolute Gasteiger partial charge is 0.255 e. The van der Waals surface area contributed by atoms with Gasteiger partial charge in [0, 0.05) is 56.5 Å². The molecule has 3 saturated heterocycles. The number of hydrogen-bond acceptors (Lipinski definition) is 7. The summed E-state index contributed by atoms with van der Waals surface area (Å²) in [6.45, 7) is 5.39. The molecule has 0 radical (unpaired) electrons. The van der Waals surface area contributed by atoms with Gasteiger partial charge in [0.25, 0.3) is 5.91 Å². The SMILES string of the molecule is O=C(c1cnc2c(c1)N(CC1CCCO1)C(=O)CN2)N1CCC(N2CCSCC2)CC1. The average Bonchev–Trinajstić information content (AvgIpc) is 3.34. The fourth-order valence-corrected chi connectivity index (χ4v) is 5.98. The van der Waals surface area contributed by atoms with E-state index in [4.69, 9.17) is 4.74 Å². The van der Waals surface area contributed by atoms with E-state index >= 15 is 0 Å². The van der Waals surface area contributed by atoms with E-state index in [9.17, 15) is 9.59 Å². The van der Waals surface area contributed by atoms with Crippen LogP contribution in [0.25, 0.3) is 0 Å². The maximum Gasteiger partial charge on any atom is 0.255 e. The molecule has 1 N–H and O–H groups in total. The van der Waals surface area contributed by atoms with Crippen LogP contribution in [0.2, 0.25) is 0 Å². The molecule has 1 aromatic heterocycles. The zero-order valence-corrected chi connectivity index (χ0v) is 18.7. The molecule has 8 nitrogen and oxygen atoms in total. The summed E-state index contributed by atoms with van der Waals surface area (Å²) in [4.78, 5) is 36.6. The normalized spacial score (nSPS) is 25.4. The Balaban J connectivity index is 1.27. The maximum atomic E-state index is 13.2. The van der Waals surface area contributed by atoms with Crippen LogP contribution in [0.4, 0.5) is 11.5 Å². The van der Waals surface area contributed by atoms with Gasteiger partial charge in [0.1, 0.15) is 5.82 Å². The highest BCUT2D eigenvalue weighted by atomic mass is 32.2. The van der Waals surface area contributed by atoms with Crippen LogP contribution >= 0.6 is 11.8 Å². The Morgan fingerprint density at radius 2 is 2.00 bits per heavy atom. The molecule has 1 aromatic rings. The second-order valence-corrected chi connectivity index (χ2v) is 9.98. The predicted molar refractivity (Wildman–Crippen MR) is 122 cm³/mol. The number of anilines is 2. The van der Waals surface area contributed by atoms with Crippen molar-refractivity contribution < 1.29 is 14.3 Å². The van der Waals surface area contributed by atoms with E-state index in [0.29, 0.717) is 29.7 Å². The summed E-state index contributed by atoms with van der Waals surface area (Å²) in [7, 11) is 0. The number of piperidine rings is 1. The van der Waals surface area contributed by atoms with Crippen molar-refractivity contribution in [1.29, 1.82) is 0 Å². The molecular formula is C22H31N5O3S. The Morgan fingerprint density at radius 3 is 2.74 bits per heavy atom. The largest absolute Gasteiger partial charge is 0.376 e. The van der Waals surface area contributed by atoms with Crippen LogP contribution in [0.1, 0.15) is 36.0 Å². The van der Waals surface area contributed by atoms with Crippen molar-refractivity contribution in [3.63, 3.8) is 0 Å². The summed E-state index contributed by atoms with van der Waals surface area (Å²) in [5.41, 5.74) is 1.25. The van der Waals surface area contributed by atoms with Crippen LogP contribution in [0.3, 0.4) is 0 Å². The molecule has 4 aliphatic rings. The molecule has 0 saturated carbocycles. The van der Waals surface area contributed by atoms with E-state index in [1.165, 1.54) is 24.6 Å². The van der Waals surface area contributed by atoms with Crippen molar-refractivity contribution in [2.24, 2.45) is 0 Å². The fraction of sp³-hybridized carbons (Fsp3) is 0.682. The summed E-state index contributed by atoms with van der Waals surface area (Å²) >= 11 is 2.03. The highest BCUT2D eigenvalue weighted by molar-refractivity contribution is 7.99. The number of nitrogens with zero attached hydrogens (tertiary/aromatic N) is 4. The lowest BCUT2D eigenvalue weighted by Gasteiger charge is -2.40. The van der Waals surface area contributed by atoms with Gasteiger partial charge >= 0.3 is 0 Å². The minimum Gasteiger partial charge on any atom is -0.376 e. The average molecular weight is 446 g/mol. The lowest BCUT2D eigenvalue weighted by molar-refractivity contribution is -0.117. The molecule has 9 heteroatoms. The van der Waals surface area contributed by atoms with Crippen molar-refractivity contribution in [3.05, 3.63) is 17.8 Å². The van der Waals surface area contributed by atoms with Crippen LogP contribution in [0.5, 0.6) is 0 Å². The lowest BCUT2D eigenvalue weighted by atomic mass is 10.0. The second kappa shape index (κ2) is 9.34. The zero-order valence-electron chi connectivity index (χ0n) is 17.9. The van der Waals surface area contributed by atoms with Crippen molar-refractivity contribution in [1.82, 2.24) is 14.8 Å². The molecule has 1 unspecified atom stereocenters. The summed E-state index contributed by atoms with van der Waals surface area (Å²) in [6.07, 6.45) is 5.74. The van der Waals surface area contributed by atoms with E-state index < -0.39 is 0 Å². The van der Waals surface area contributed by atoms with Crippen LogP contribution in [-0.2, 0) is 9.53 Å². The van der Waals surface area contributed by atoms with Crippen molar-refractivity contribution >= 4 is 35.1 Å². The van der Waals surface area contributed by atoms with E-state index in [1.54, 1.807) is 11.1 Å². The van der Waals surface area contributed by atoms with Gasteiger partial charge in [-0.2, -0.15) is 11.8 Å². The standard InChI is InChI=1S/C22H31N5O3S/c28-20-14-24-21-19(27(20)15-18-2-1-9-30-18)12-16(13-23-21)22(29)26-5-3-17(4-6-26)25-7-10-31-11-8-25/h12-13,17-18H,1-11,14-15H2,(H,23,24). The number of amides is 2. The summed E-state index contributed by atoms with van der Waals surface area (Å²) in [6, 6.07) is 2.42. The Labute approximate surface area is 187 Å². The molecule has 168 valence electrons. The van der Waals surface area contributed by atoms with Crippen molar-refractivity contribution in [2.45, 2.75) is 37.8 Å². The van der Waals surface area contributed by atoms with E-state index in [-0.39, 0.29) is 24.5 Å². The highest BCUT2D eigenvalue weighted by Crippen LogP contribution is 2.31. The quantitative estimate of drug-likeness (QED) is 0.755. The van der Waals surface area contributed by atoms with Crippen molar-refractivity contribution in [2.75, 3.05) is 67.6 Å². The molecule has 3 fully saturated rings. The third-order valence-corrected chi connectivity index (χ3v) is 7.78. The molecule has 0 aromatic carbocycles. The van der Waals surface area contributed by atoms with Gasteiger partial charge in [-0.05, 0) is 31.7 Å². The summed E-state index contributed by atoms with van der Waals surface area (Å²) in [5, 5.41) is 3.08. The number of fused-ring (bicyclic) bond motifs is 1. The van der Waals surface area contributed by atoms with Gasteiger partial charge in [-0.3, -0.25) is 14.5 Å². The zero-order chi connectivity index (χ0) is 21.2. The van der Waals surface area contributed by atoms with Crippen LogP contribution < -0.4 is 10.2 Å². The van der Waals surface area contributed by atoms with Crippen LogP contribution in [0.15, 0.2) is 12.3 Å². The van der Waals surface area contributed by atoms with Crippen molar-refractivity contribution in [3.8, 4) is 0 Å². The molecule has 0 bridgehead atoms. The number of likely N-dealkylation sites (tertiary alicyclic amines) is 1. The van der Waals surface area contributed by atoms with E-state index in [0.717, 1.165) is 45.4 Å². The second-order valence-electron chi connectivity index (χ2n) is 8.76. The Morgan fingerprint density at radius 1 is 1.19 bits per heavy atom. The first-order valence-electron chi connectivity index (χ1n) is 11.5. The van der Waals surface area contributed by atoms with Gasteiger partial charge in [-0.1, -0.05) is 0 Å². The van der Waals surface area contributed by atoms with Crippen LogP contribution in [0, 0.1) is 0 Å². The number of nitrogens with one attached hydrogen (secondary N) is 1. The fourth-order valence-electron chi connectivity index (χ4n) is 5.05. The molecule has 5 rings (SSSR count). The Hall–Kier alpha value is -1.84. The van der Waals surface area contributed by atoms with Gasteiger partial charge in [-0.25, -0.2) is 4.98 Å². The first-order valence-corrected chi connectivity index (χ1v) is 12.6.